The molecule has 2 heterocycles. The first-order valence-corrected chi connectivity index (χ1v) is 12.1. The second kappa shape index (κ2) is 8.51. The summed E-state index contributed by atoms with van der Waals surface area (Å²) in [5.74, 6) is -1.07. The Morgan fingerprint density at radius 1 is 1.29 bits per heavy atom. The molecule has 2 aliphatic carbocycles. The second-order valence-electron chi connectivity index (χ2n) is 8.77. The second-order valence-corrected chi connectivity index (χ2v) is 10.0. The molecule has 5 rings (SSSR count). The number of carbonyl (C=O) groups excluding carboxylic acids is 1. The lowest BCUT2D eigenvalue weighted by atomic mass is 9.97. The van der Waals surface area contributed by atoms with Crippen LogP contribution in [-0.2, 0) is 4.79 Å². The fourth-order valence-corrected chi connectivity index (χ4v) is 6.62. The quantitative estimate of drug-likeness (QED) is 0.690. The zero-order valence-corrected chi connectivity index (χ0v) is 18.3. The number of halogens is 2. The molecule has 1 fully saturated rings. The number of carbonyl (C=O) groups is 1. The summed E-state index contributed by atoms with van der Waals surface area (Å²) in [6.07, 6.45) is 12.6. The van der Waals surface area contributed by atoms with Crippen molar-refractivity contribution in [2.75, 3.05) is 6.54 Å². The third kappa shape index (κ3) is 3.87. The number of amides is 1. The van der Waals surface area contributed by atoms with Crippen LogP contribution in [0.15, 0.2) is 46.6 Å². The molecule has 0 radical (unpaired) electrons. The Hall–Kier alpha value is -1.99. The van der Waals surface area contributed by atoms with Crippen LogP contribution in [0.1, 0.15) is 63.4 Å². The molecule has 0 bridgehead atoms. The molecule has 0 aromatic heterocycles. The molecule has 1 aromatic carbocycles. The monoisotopic (exact) mass is 443 g/mol. The fraction of sp³-hybridized carbons (Fsp3) is 0.500. The average molecular weight is 444 g/mol. The summed E-state index contributed by atoms with van der Waals surface area (Å²) >= 11 is 1.40. The zero-order valence-electron chi connectivity index (χ0n) is 17.5. The van der Waals surface area contributed by atoms with Crippen LogP contribution in [0.5, 0.6) is 0 Å². The van der Waals surface area contributed by atoms with Crippen molar-refractivity contribution in [1.82, 2.24) is 10.3 Å². The van der Waals surface area contributed by atoms with Gasteiger partial charge in [0.25, 0.3) is 0 Å². The molecular formula is C24H27F2N3OS. The normalized spacial score (nSPS) is 27.7. The van der Waals surface area contributed by atoms with Crippen LogP contribution >= 0.6 is 11.8 Å². The first-order chi connectivity index (χ1) is 15.1. The van der Waals surface area contributed by atoms with Gasteiger partial charge in [0.1, 0.15) is 21.5 Å². The number of hydrogen-bond acceptors (Lipinski definition) is 4. The molecule has 7 heteroatoms. The highest BCUT2D eigenvalue weighted by Crippen LogP contribution is 2.55. The number of nitrogens with one attached hydrogen (secondary N) is 1. The number of rotatable bonds is 4. The van der Waals surface area contributed by atoms with E-state index in [9.17, 15) is 13.6 Å². The predicted molar refractivity (Wildman–Crippen MR) is 120 cm³/mol. The van der Waals surface area contributed by atoms with E-state index in [0.717, 1.165) is 62.8 Å². The summed E-state index contributed by atoms with van der Waals surface area (Å²) < 4.78 is 28.4. The van der Waals surface area contributed by atoms with Crippen molar-refractivity contribution in [3.05, 3.63) is 58.7 Å². The standard InChI is InChI=1S/C24H27F2N3OS/c25-17-8-10-21(26)19(15-17)23-28-29(22(30)11-9-18-6-3-4-14-27-18)24(31-23)13-12-16-5-1-2-7-20(16)24/h2,7-8,10,15,18,27H,1,3-6,9,11-14H2. The van der Waals surface area contributed by atoms with E-state index in [0.29, 0.717) is 17.5 Å². The minimum atomic E-state index is -0.641. The molecule has 2 aliphatic heterocycles. The maximum absolute atomic E-state index is 14.6. The number of hydrogen-bond donors (Lipinski definition) is 1. The van der Waals surface area contributed by atoms with E-state index in [2.05, 4.69) is 22.6 Å². The number of hydrazone groups is 1. The van der Waals surface area contributed by atoms with Crippen LogP contribution in [0, 0.1) is 11.6 Å². The number of benzene rings is 1. The number of piperidine rings is 1. The van der Waals surface area contributed by atoms with E-state index in [1.54, 1.807) is 5.01 Å². The zero-order chi connectivity index (χ0) is 21.4. The van der Waals surface area contributed by atoms with E-state index in [4.69, 9.17) is 0 Å². The highest BCUT2D eigenvalue weighted by Gasteiger charge is 2.53. The van der Waals surface area contributed by atoms with Gasteiger partial charge in [-0.1, -0.05) is 35.9 Å². The molecule has 4 nitrogen and oxygen atoms in total. The Morgan fingerprint density at radius 3 is 3.03 bits per heavy atom. The van der Waals surface area contributed by atoms with E-state index in [1.165, 1.54) is 36.2 Å². The van der Waals surface area contributed by atoms with Crippen LogP contribution in [0.25, 0.3) is 0 Å². The van der Waals surface area contributed by atoms with E-state index >= 15 is 0 Å². The van der Waals surface area contributed by atoms with Crippen molar-refractivity contribution >= 4 is 22.7 Å². The summed E-state index contributed by atoms with van der Waals surface area (Å²) in [4.78, 5) is 12.8. The van der Waals surface area contributed by atoms with Gasteiger partial charge in [0.05, 0.1) is 0 Å². The van der Waals surface area contributed by atoms with E-state index in [-0.39, 0.29) is 11.5 Å². The van der Waals surface area contributed by atoms with Gasteiger partial charge in [-0.15, -0.1) is 0 Å². The first kappa shape index (κ1) is 20.9. The smallest absolute Gasteiger partial charge is 0.244 e. The van der Waals surface area contributed by atoms with Crippen LogP contribution in [0.4, 0.5) is 8.78 Å². The maximum atomic E-state index is 14.6. The van der Waals surface area contributed by atoms with Gasteiger partial charge in [-0.25, -0.2) is 13.8 Å². The van der Waals surface area contributed by atoms with Crippen molar-refractivity contribution in [1.29, 1.82) is 0 Å². The molecule has 31 heavy (non-hydrogen) atoms. The maximum Gasteiger partial charge on any atom is 0.244 e. The summed E-state index contributed by atoms with van der Waals surface area (Å²) in [7, 11) is 0. The van der Waals surface area contributed by atoms with Crippen molar-refractivity contribution < 1.29 is 13.6 Å². The Kier molecular flexibility index (Phi) is 5.73. The molecule has 4 aliphatic rings. The minimum absolute atomic E-state index is 0.0422. The SMILES string of the molecule is O=C(CCC1CCCCN1)N1N=C(c2cc(F)ccc2F)SC12CCC1=C2C=CCC1. The van der Waals surface area contributed by atoms with Gasteiger partial charge in [-0.2, -0.15) is 5.10 Å². The molecule has 1 N–H and O–H groups in total. The largest absolute Gasteiger partial charge is 0.314 e. The van der Waals surface area contributed by atoms with Gasteiger partial charge in [-0.05, 0) is 75.3 Å². The van der Waals surface area contributed by atoms with Gasteiger partial charge in [0.2, 0.25) is 5.91 Å². The number of nitrogens with zero attached hydrogens (tertiary/aromatic N) is 2. The van der Waals surface area contributed by atoms with Gasteiger partial charge in [0, 0.05) is 18.0 Å². The summed E-state index contributed by atoms with van der Waals surface area (Å²) in [6, 6.07) is 3.77. The van der Waals surface area contributed by atoms with Crippen LogP contribution in [0.3, 0.4) is 0 Å². The van der Waals surface area contributed by atoms with Crippen molar-refractivity contribution in [3.8, 4) is 0 Å². The minimum Gasteiger partial charge on any atom is -0.314 e. The fourth-order valence-electron chi connectivity index (χ4n) is 5.15. The lowest BCUT2D eigenvalue weighted by Gasteiger charge is -2.34. The molecule has 1 amide bonds. The van der Waals surface area contributed by atoms with Gasteiger partial charge >= 0.3 is 0 Å². The number of thioether (sulfide) groups is 1. The third-order valence-electron chi connectivity index (χ3n) is 6.78. The molecular weight excluding hydrogens is 416 g/mol. The average Bonchev–Trinajstić information content (AvgIpc) is 3.37. The molecule has 1 spiro atoms. The Morgan fingerprint density at radius 2 is 2.19 bits per heavy atom. The first-order valence-electron chi connectivity index (χ1n) is 11.3. The van der Waals surface area contributed by atoms with Gasteiger partial charge < -0.3 is 5.32 Å². The Labute approximate surface area is 185 Å². The third-order valence-corrected chi connectivity index (χ3v) is 8.21. The van der Waals surface area contributed by atoms with Gasteiger partial charge in [-0.3, -0.25) is 4.79 Å². The van der Waals surface area contributed by atoms with Gasteiger partial charge in [0.15, 0.2) is 0 Å². The molecule has 0 saturated carbocycles. The number of allylic oxidation sites excluding steroid dienone is 2. The highest BCUT2D eigenvalue weighted by atomic mass is 32.2. The van der Waals surface area contributed by atoms with Crippen molar-refractivity contribution in [2.24, 2.45) is 5.10 Å². The molecule has 164 valence electrons. The molecule has 2 unspecified atom stereocenters. The Bertz CT molecular complexity index is 983. The molecule has 1 saturated heterocycles. The molecule has 1 aromatic rings. The predicted octanol–water partition coefficient (Wildman–Crippen LogP) is 5.26. The molecule has 2 atom stereocenters. The summed E-state index contributed by atoms with van der Waals surface area (Å²) in [6.45, 7) is 1.00. The lowest BCUT2D eigenvalue weighted by molar-refractivity contribution is -0.133. The van der Waals surface area contributed by atoms with E-state index < -0.39 is 16.5 Å². The summed E-state index contributed by atoms with van der Waals surface area (Å²) in [5.41, 5.74) is 2.61. The van der Waals surface area contributed by atoms with Crippen LogP contribution < -0.4 is 5.32 Å². The van der Waals surface area contributed by atoms with Crippen LogP contribution in [-0.4, -0.2) is 33.4 Å². The Balaban J connectivity index is 1.46. The van der Waals surface area contributed by atoms with Crippen molar-refractivity contribution in [3.63, 3.8) is 0 Å². The number of fused-ring (bicyclic) bond motifs is 1. The summed E-state index contributed by atoms with van der Waals surface area (Å²) in [5, 5.41) is 10.1. The highest BCUT2D eigenvalue weighted by molar-refractivity contribution is 8.16. The van der Waals surface area contributed by atoms with Crippen molar-refractivity contribution in [2.45, 2.75) is 68.7 Å². The lowest BCUT2D eigenvalue weighted by Crippen LogP contribution is -2.44. The van der Waals surface area contributed by atoms with Crippen LogP contribution in [0.2, 0.25) is 0 Å². The van der Waals surface area contributed by atoms with E-state index in [1.807, 2.05) is 0 Å². The topological polar surface area (TPSA) is 44.7 Å².